The Kier molecular flexibility index (Phi) is 5.06. The Morgan fingerprint density at radius 1 is 1.00 bits per heavy atom. The quantitative estimate of drug-likeness (QED) is 0.486. The molecule has 0 saturated heterocycles. The van der Waals surface area contributed by atoms with Gasteiger partial charge in [0.15, 0.2) is 11.5 Å². The van der Waals surface area contributed by atoms with Gasteiger partial charge in [-0.15, -0.1) is 0 Å². The highest BCUT2D eigenvalue weighted by Crippen LogP contribution is 2.42. The summed E-state index contributed by atoms with van der Waals surface area (Å²) in [7, 11) is 1.25. The van der Waals surface area contributed by atoms with Crippen LogP contribution in [0.5, 0.6) is 11.5 Å². The van der Waals surface area contributed by atoms with Crippen molar-refractivity contribution in [3.8, 4) is 11.5 Å². The second-order valence-electron chi connectivity index (χ2n) is 4.78. The van der Waals surface area contributed by atoms with Crippen LogP contribution in [0, 0.1) is 5.82 Å². The van der Waals surface area contributed by atoms with Gasteiger partial charge >= 0.3 is 6.18 Å². The van der Waals surface area contributed by atoms with Crippen LogP contribution in [-0.2, 0) is 0 Å². The molecular weight excluding hydrogens is 334 g/mol. The molecule has 0 aromatic heterocycles. The van der Waals surface area contributed by atoms with Crippen molar-refractivity contribution in [2.24, 2.45) is 0 Å². The zero-order valence-corrected chi connectivity index (χ0v) is 12.7. The molecule has 8 heteroatoms. The van der Waals surface area contributed by atoms with E-state index in [1.54, 1.807) is 0 Å². The zero-order chi connectivity index (χ0) is 17.2. The first-order valence-corrected chi connectivity index (χ1v) is 7.21. The lowest BCUT2D eigenvalue weighted by Gasteiger charge is -2.29. The molecule has 0 bridgehead atoms. The summed E-state index contributed by atoms with van der Waals surface area (Å²) in [5, 5.41) is 18.6. The van der Waals surface area contributed by atoms with E-state index in [0.717, 1.165) is 46.6 Å². The van der Waals surface area contributed by atoms with Gasteiger partial charge in [0, 0.05) is 4.90 Å². The molecule has 23 heavy (non-hydrogen) atoms. The summed E-state index contributed by atoms with van der Waals surface area (Å²) >= 11 is 0.749. The molecule has 0 fully saturated rings. The highest BCUT2D eigenvalue weighted by atomic mass is 32.2. The SMILES string of the molecule is CN(Sc1ccc(O)c(O)c1)[C@H](c1ccc(F)cc1)C(F)(F)F. The average molecular weight is 347 g/mol. The molecule has 2 N–H and O–H groups in total. The van der Waals surface area contributed by atoms with Crippen molar-refractivity contribution in [1.29, 1.82) is 0 Å². The van der Waals surface area contributed by atoms with E-state index in [4.69, 9.17) is 0 Å². The van der Waals surface area contributed by atoms with E-state index in [9.17, 15) is 27.8 Å². The summed E-state index contributed by atoms with van der Waals surface area (Å²) in [6.45, 7) is 0. The van der Waals surface area contributed by atoms with Crippen LogP contribution in [-0.4, -0.2) is 27.7 Å². The fraction of sp³-hybridized carbons (Fsp3) is 0.200. The van der Waals surface area contributed by atoms with Crippen molar-refractivity contribution < 1.29 is 27.8 Å². The second-order valence-corrected chi connectivity index (χ2v) is 6.01. The van der Waals surface area contributed by atoms with Gasteiger partial charge in [-0.3, -0.25) is 0 Å². The molecule has 3 nitrogen and oxygen atoms in total. The molecule has 0 amide bonds. The first-order valence-electron chi connectivity index (χ1n) is 6.43. The van der Waals surface area contributed by atoms with Gasteiger partial charge < -0.3 is 10.2 Å². The lowest BCUT2D eigenvalue weighted by molar-refractivity contribution is -0.169. The third-order valence-electron chi connectivity index (χ3n) is 3.06. The van der Waals surface area contributed by atoms with Crippen LogP contribution >= 0.6 is 11.9 Å². The van der Waals surface area contributed by atoms with Crippen molar-refractivity contribution in [3.05, 3.63) is 53.8 Å². The van der Waals surface area contributed by atoms with Crippen molar-refractivity contribution in [3.63, 3.8) is 0 Å². The van der Waals surface area contributed by atoms with Gasteiger partial charge in [0.1, 0.15) is 11.9 Å². The summed E-state index contributed by atoms with van der Waals surface area (Å²) in [6, 6.07) is 5.88. The molecule has 0 heterocycles. The number of phenols is 2. The molecule has 0 aliphatic carbocycles. The number of aromatic hydroxyl groups is 2. The number of hydrogen-bond acceptors (Lipinski definition) is 4. The summed E-state index contributed by atoms with van der Waals surface area (Å²) in [5.74, 6) is -1.40. The molecule has 0 aliphatic heterocycles. The fourth-order valence-electron chi connectivity index (χ4n) is 2.03. The smallest absolute Gasteiger partial charge is 0.408 e. The van der Waals surface area contributed by atoms with Crippen LogP contribution in [0.2, 0.25) is 0 Å². The Morgan fingerprint density at radius 3 is 2.13 bits per heavy atom. The van der Waals surface area contributed by atoms with Crippen molar-refractivity contribution in [2.75, 3.05) is 7.05 Å². The van der Waals surface area contributed by atoms with Gasteiger partial charge in [-0.2, -0.15) is 13.2 Å². The predicted octanol–water partition coefficient (Wildman–Crippen LogP) is 4.48. The van der Waals surface area contributed by atoms with Gasteiger partial charge in [-0.1, -0.05) is 12.1 Å². The standard InChI is InChI=1S/C15H13F4NO2S/c1-20(23-11-6-7-12(21)13(22)8-11)14(15(17,18)19)9-2-4-10(16)5-3-9/h2-8,14,21-22H,1H3/t14-/m1/s1. The van der Waals surface area contributed by atoms with E-state index in [-0.39, 0.29) is 11.3 Å². The number of nitrogens with zero attached hydrogens (tertiary/aromatic N) is 1. The lowest BCUT2D eigenvalue weighted by Crippen LogP contribution is -2.31. The monoisotopic (exact) mass is 347 g/mol. The summed E-state index contributed by atoms with van der Waals surface area (Å²) in [4.78, 5) is 0.319. The highest BCUT2D eigenvalue weighted by molar-refractivity contribution is 7.97. The van der Waals surface area contributed by atoms with Crippen molar-refractivity contribution >= 4 is 11.9 Å². The van der Waals surface area contributed by atoms with E-state index in [1.165, 1.54) is 19.2 Å². The van der Waals surface area contributed by atoms with E-state index in [0.29, 0.717) is 4.90 Å². The predicted molar refractivity (Wildman–Crippen MR) is 78.6 cm³/mol. The van der Waals surface area contributed by atoms with E-state index < -0.39 is 23.8 Å². The van der Waals surface area contributed by atoms with Crippen LogP contribution in [0.25, 0.3) is 0 Å². The second kappa shape index (κ2) is 6.67. The molecule has 1 atom stereocenters. The van der Waals surface area contributed by atoms with Crippen molar-refractivity contribution in [1.82, 2.24) is 4.31 Å². The third-order valence-corrected chi connectivity index (χ3v) is 4.02. The van der Waals surface area contributed by atoms with E-state index >= 15 is 0 Å². The molecule has 0 unspecified atom stereocenters. The van der Waals surface area contributed by atoms with Crippen LogP contribution in [0.1, 0.15) is 11.6 Å². The highest BCUT2D eigenvalue weighted by Gasteiger charge is 2.44. The van der Waals surface area contributed by atoms with Crippen LogP contribution in [0.15, 0.2) is 47.4 Å². The third kappa shape index (κ3) is 4.29. The summed E-state index contributed by atoms with van der Waals surface area (Å²) < 4.78 is 54.0. The Balaban J connectivity index is 2.28. The summed E-state index contributed by atoms with van der Waals surface area (Å²) in [5.41, 5.74) is -0.100. The first-order chi connectivity index (χ1) is 10.7. The van der Waals surface area contributed by atoms with Crippen LogP contribution in [0.4, 0.5) is 17.6 Å². The van der Waals surface area contributed by atoms with Crippen LogP contribution < -0.4 is 0 Å². The fourth-order valence-corrected chi connectivity index (χ4v) is 3.00. The number of benzene rings is 2. The molecular formula is C15H13F4NO2S. The Hall–Kier alpha value is -1.93. The van der Waals surface area contributed by atoms with Gasteiger partial charge in [-0.25, -0.2) is 8.70 Å². The lowest BCUT2D eigenvalue weighted by atomic mass is 10.1. The summed E-state index contributed by atoms with van der Waals surface area (Å²) in [6.07, 6.45) is -4.57. The van der Waals surface area contributed by atoms with E-state index in [1.807, 2.05) is 0 Å². The number of rotatable bonds is 4. The molecule has 124 valence electrons. The van der Waals surface area contributed by atoms with Gasteiger partial charge in [0.25, 0.3) is 0 Å². The van der Waals surface area contributed by atoms with Gasteiger partial charge in [0.05, 0.1) is 0 Å². The molecule has 2 aromatic rings. The van der Waals surface area contributed by atoms with Crippen LogP contribution in [0.3, 0.4) is 0 Å². The number of phenolic OH excluding ortho intramolecular Hbond substituents is 2. The first kappa shape index (κ1) is 17.4. The Morgan fingerprint density at radius 2 is 1.61 bits per heavy atom. The maximum Gasteiger partial charge on any atom is 0.408 e. The topological polar surface area (TPSA) is 43.7 Å². The van der Waals surface area contributed by atoms with Gasteiger partial charge in [0.2, 0.25) is 0 Å². The Bertz CT molecular complexity index is 676. The van der Waals surface area contributed by atoms with Gasteiger partial charge in [-0.05, 0) is 54.9 Å². The zero-order valence-electron chi connectivity index (χ0n) is 11.9. The van der Waals surface area contributed by atoms with E-state index in [2.05, 4.69) is 0 Å². The molecule has 2 rings (SSSR count). The minimum atomic E-state index is -4.57. The number of halogens is 4. The molecule has 0 saturated carbocycles. The number of alkyl halides is 3. The normalized spacial score (nSPS) is 13.3. The molecule has 2 aromatic carbocycles. The maximum absolute atomic E-state index is 13.4. The number of hydrogen-bond donors (Lipinski definition) is 2. The largest absolute Gasteiger partial charge is 0.504 e. The minimum absolute atomic E-state index is 0.100. The molecule has 0 aliphatic rings. The molecule has 0 radical (unpaired) electrons. The average Bonchev–Trinajstić information content (AvgIpc) is 2.44. The Labute approximate surface area is 134 Å². The van der Waals surface area contributed by atoms with Crippen molar-refractivity contribution in [2.45, 2.75) is 17.1 Å². The maximum atomic E-state index is 13.4. The molecule has 0 spiro atoms. The minimum Gasteiger partial charge on any atom is -0.504 e.